The Labute approximate surface area is 125 Å². The summed E-state index contributed by atoms with van der Waals surface area (Å²) < 4.78 is 0. The third kappa shape index (κ3) is 2.93. The van der Waals surface area contributed by atoms with Crippen LogP contribution >= 0.6 is 0 Å². The number of likely N-dealkylation sites (tertiary alicyclic amines) is 1. The molecule has 0 saturated carbocycles. The van der Waals surface area contributed by atoms with Crippen molar-refractivity contribution in [1.82, 2.24) is 19.8 Å². The molecule has 1 aliphatic heterocycles. The number of para-hydroxylation sites is 2. The van der Waals surface area contributed by atoms with Crippen molar-refractivity contribution < 1.29 is 4.79 Å². The van der Waals surface area contributed by atoms with Gasteiger partial charge >= 0.3 is 0 Å². The molecular formula is C16H22N4O. The zero-order valence-electron chi connectivity index (χ0n) is 12.7. The van der Waals surface area contributed by atoms with Gasteiger partial charge in [-0.2, -0.15) is 0 Å². The van der Waals surface area contributed by atoms with Crippen LogP contribution in [0.1, 0.15) is 25.6 Å². The standard InChI is InChI=1S/C16H22N4O/c1-12(20-9-5-6-10-20)16(21)19(2)11-15-17-13-7-3-4-8-14(13)18-15/h3-4,7-8,12H,5-6,9-11H2,1-2H3,(H,17,18)/t12-/m1/s1. The summed E-state index contributed by atoms with van der Waals surface area (Å²) in [6.07, 6.45) is 2.40. The molecule has 1 saturated heterocycles. The van der Waals surface area contributed by atoms with Crippen molar-refractivity contribution in [2.24, 2.45) is 0 Å². The lowest BCUT2D eigenvalue weighted by Gasteiger charge is -2.27. The van der Waals surface area contributed by atoms with Crippen LogP contribution in [0.2, 0.25) is 0 Å². The number of fused-ring (bicyclic) bond motifs is 1. The van der Waals surface area contributed by atoms with Gasteiger partial charge in [-0.15, -0.1) is 0 Å². The molecule has 2 heterocycles. The van der Waals surface area contributed by atoms with Crippen LogP contribution in [0.3, 0.4) is 0 Å². The second-order valence-corrected chi connectivity index (χ2v) is 5.81. The molecule has 0 radical (unpaired) electrons. The Morgan fingerprint density at radius 1 is 1.38 bits per heavy atom. The first-order valence-electron chi connectivity index (χ1n) is 7.58. The molecule has 1 atom stereocenters. The summed E-state index contributed by atoms with van der Waals surface area (Å²) in [6, 6.07) is 7.89. The van der Waals surface area contributed by atoms with Gasteiger partial charge in [0.2, 0.25) is 5.91 Å². The van der Waals surface area contributed by atoms with Crippen LogP contribution in [-0.2, 0) is 11.3 Å². The van der Waals surface area contributed by atoms with Crippen molar-refractivity contribution >= 4 is 16.9 Å². The highest BCUT2D eigenvalue weighted by Gasteiger charge is 2.26. The van der Waals surface area contributed by atoms with Crippen molar-refractivity contribution in [3.05, 3.63) is 30.1 Å². The molecule has 2 aromatic rings. The lowest BCUT2D eigenvalue weighted by atomic mass is 10.2. The number of nitrogens with zero attached hydrogens (tertiary/aromatic N) is 3. The first kappa shape index (κ1) is 14.1. The largest absolute Gasteiger partial charge is 0.340 e. The number of amides is 1. The summed E-state index contributed by atoms with van der Waals surface area (Å²) in [6.45, 7) is 4.59. The van der Waals surface area contributed by atoms with E-state index in [1.807, 2.05) is 38.2 Å². The average molecular weight is 286 g/mol. The number of aromatic nitrogens is 2. The molecule has 3 rings (SSSR count). The van der Waals surface area contributed by atoms with Crippen LogP contribution in [-0.4, -0.2) is 51.9 Å². The van der Waals surface area contributed by atoms with Crippen molar-refractivity contribution in [1.29, 1.82) is 0 Å². The zero-order valence-corrected chi connectivity index (χ0v) is 12.7. The van der Waals surface area contributed by atoms with E-state index in [1.54, 1.807) is 4.90 Å². The summed E-state index contributed by atoms with van der Waals surface area (Å²) in [7, 11) is 1.85. The van der Waals surface area contributed by atoms with E-state index in [1.165, 1.54) is 12.8 Å². The quantitative estimate of drug-likeness (QED) is 0.935. The minimum Gasteiger partial charge on any atom is -0.340 e. The van der Waals surface area contributed by atoms with Gasteiger partial charge in [0, 0.05) is 7.05 Å². The number of rotatable bonds is 4. The van der Waals surface area contributed by atoms with Crippen molar-refractivity contribution in [2.75, 3.05) is 20.1 Å². The summed E-state index contributed by atoms with van der Waals surface area (Å²) in [5, 5.41) is 0. The monoisotopic (exact) mass is 286 g/mol. The van der Waals surface area contributed by atoms with Crippen LogP contribution in [0.15, 0.2) is 24.3 Å². The van der Waals surface area contributed by atoms with Crippen LogP contribution in [0.25, 0.3) is 11.0 Å². The Bertz CT molecular complexity index is 597. The number of aromatic amines is 1. The molecule has 0 bridgehead atoms. The predicted octanol–water partition coefficient (Wildman–Crippen LogP) is 2.01. The Morgan fingerprint density at radius 2 is 2.10 bits per heavy atom. The zero-order chi connectivity index (χ0) is 14.8. The van der Waals surface area contributed by atoms with Gasteiger partial charge in [0.15, 0.2) is 0 Å². The van der Waals surface area contributed by atoms with Crippen LogP contribution in [0.5, 0.6) is 0 Å². The summed E-state index contributed by atoms with van der Waals surface area (Å²) >= 11 is 0. The van der Waals surface area contributed by atoms with E-state index in [4.69, 9.17) is 0 Å². The molecule has 1 fully saturated rings. The maximum Gasteiger partial charge on any atom is 0.239 e. The second-order valence-electron chi connectivity index (χ2n) is 5.81. The molecule has 112 valence electrons. The number of hydrogen-bond acceptors (Lipinski definition) is 3. The van der Waals surface area contributed by atoms with Crippen LogP contribution in [0, 0.1) is 0 Å². The average Bonchev–Trinajstić information content (AvgIpc) is 3.14. The van der Waals surface area contributed by atoms with Gasteiger partial charge in [-0.25, -0.2) is 4.98 Å². The van der Waals surface area contributed by atoms with Gasteiger partial charge in [-0.05, 0) is 45.0 Å². The number of nitrogens with one attached hydrogen (secondary N) is 1. The number of imidazole rings is 1. The van der Waals surface area contributed by atoms with Crippen molar-refractivity contribution in [2.45, 2.75) is 32.4 Å². The van der Waals surface area contributed by atoms with E-state index >= 15 is 0 Å². The first-order valence-corrected chi connectivity index (χ1v) is 7.58. The summed E-state index contributed by atoms with van der Waals surface area (Å²) in [4.78, 5) is 24.3. The first-order chi connectivity index (χ1) is 10.1. The fraction of sp³-hybridized carbons (Fsp3) is 0.500. The maximum atomic E-state index is 12.5. The summed E-state index contributed by atoms with van der Waals surface area (Å²) in [5.41, 5.74) is 1.96. The number of H-pyrrole nitrogens is 1. The highest BCUT2D eigenvalue weighted by Crippen LogP contribution is 2.15. The predicted molar refractivity (Wildman–Crippen MR) is 82.8 cm³/mol. The van der Waals surface area contributed by atoms with Gasteiger partial charge in [0.05, 0.1) is 23.6 Å². The maximum absolute atomic E-state index is 12.5. The highest BCUT2D eigenvalue weighted by atomic mass is 16.2. The van der Waals surface area contributed by atoms with Crippen molar-refractivity contribution in [3.63, 3.8) is 0 Å². The minimum absolute atomic E-state index is 0.0399. The Morgan fingerprint density at radius 3 is 2.81 bits per heavy atom. The number of hydrogen-bond donors (Lipinski definition) is 1. The van der Waals surface area contributed by atoms with Crippen LogP contribution in [0.4, 0.5) is 0 Å². The topological polar surface area (TPSA) is 52.2 Å². The Hall–Kier alpha value is -1.88. The fourth-order valence-electron chi connectivity index (χ4n) is 2.99. The fourth-order valence-corrected chi connectivity index (χ4v) is 2.99. The lowest BCUT2D eigenvalue weighted by molar-refractivity contribution is -0.135. The second kappa shape index (κ2) is 5.85. The van der Waals surface area contributed by atoms with Gasteiger partial charge in [-0.1, -0.05) is 12.1 Å². The minimum atomic E-state index is -0.0399. The highest BCUT2D eigenvalue weighted by molar-refractivity contribution is 5.81. The van der Waals surface area contributed by atoms with E-state index in [2.05, 4.69) is 14.9 Å². The summed E-state index contributed by atoms with van der Waals surface area (Å²) in [5.74, 6) is 0.998. The Balaban J connectivity index is 1.67. The van der Waals surface area contributed by atoms with E-state index in [9.17, 15) is 4.79 Å². The third-order valence-corrected chi connectivity index (χ3v) is 4.25. The van der Waals surface area contributed by atoms with Gasteiger partial charge in [-0.3, -0.25) is 9.69 Å². The van der Waals surface area contributed by atoms with E-state index < -0.39 is 0 Å². The molecule has 1 N–H and O–H groups in total. The van der Waals surface area contributed by atoms with E-state index in [0.29, 0.717) is 6.54 Å². The van der Waals surface area contributed by atoms with Crippen molar-refractivity contribution in [3.8, 4) is 0 Å². The molecule has 0 spiro atoms. The lowest BCUT2D eigenvalue weighted by Crippen LogP contribution is -2.44. The molecule has 5 heteroatoms. The number of carbonyl (C=O) groups excluding carboxylic acids is 1. The van der Waals surface area contributed by atoms with E-state index in [0.717, 1.165) is 29.9 Å². The smallest absolute Gasteiger partial charge is 0.239 e. The third-order valence-electron chi connectivity index (χ3n) is 4.25. The molecule has 0 unspecified atom stereocenters. The molecular weight excluding hydrogens is 264 g/mol. The van der Waals surface area contributed by atoms with E-state index in [-0.39, 0.29) is 11.9 Å². The molecule has 21 heavy (non-hydrogen) atoms. The van der Waals surface area contributed by atoms with Gasteiger partial charge < -0.3 is 9.88 Å². The molecule has 1 aromatic carbocycles. The van der Waals surface area contributed by atoms with Crippen LogP contribution < -0.4 is 0 Å². The van der Waals surface area contributed by atoms with Gasteiger partial charge in [0.25, 0.3) is 0 Å². The molecule has 1 aliphatic rings. The number of benzene rings is 1. The Kier molecular flexibility index (Phi) is 3.92. The molecule has 0 aliphatic carbocycles. The SMILES string of the molecule is C[C@H](C(=O)N(C)Cc1nc2ccccc2[nH]1)N1CCCC1. The molecule has 5 nitrogen and oxygen atoms in total. The normalized spacial score (nSPS) is 17.2. The van der Waals surface area contributed by atoms with Gasteiger partial charge in [0.1, 0.15) is 5.82 Å². The molecule has 1 aromatic heterocycles. The number of likely N-dealkylation sites (N-methyl/N-ethyl adjacent to an activating group) is 1. The molecule has 1 amide bonds. The number of carbonyl (C=O) groups is 1.